The molecule has 0 radical (unpaired) electrons. The first-order valence-electron chi connectivity index (χ1n) is 10.6. The van der Waals surface area contributed by atoms with E-state index in [-0.39, 0.29) is 11.7 Å². The molecule has 8 heteroatoms. The lowest BCUT2D eigenvalue weighted by molar-refractivity contribution is -0.113. The van der Waals surface area contributed by atoms with Crippen molar-refractivity contribution in [3.63, 3.8) is 0 Å². The monoisotopic (exact) mass is 449 g/mol. The largest absolute Gasteiger partial charge is 0.496 e. The second kappa shape index (κ2) is 10.4. The normalized spacial score (nSPS) is 13.2. The zero-order valence-corrected chi connectivity index (χ0v) is 19.0. The van der Waals surface area contributed by atoms with Gasteiger partial charge in [-0.1, -0.05) is 30.0 Å². The molecule has 0 unspecified atom stereocenters. The van der Waals surface area contributed by atoms with Crippen molar-refractivity contribution in [3.05, 3.63) is 61.2 Å². The number of rotatable bonds is 9. The summed E-state index contributed by atoms with van der Waals surface area (Å²) >= 11 is 1.35. The minimum absolute atomic E-state index is 0.0871. The fraction of sp³-hybridized carbons (Fsp3) is 0.292. The average Bonchev–Trinajstić information content (AvgIpc) is 3.49. The topological polar surface area (TPSA) is 72.3 Å². The summed E-state index contributed by atoms with van der Waals surface area (Å²) in [7, 11) is 1.63. The molecule has 1 saturated heterocycles. The van der Waals surface area contributed by atoms with E-state index < -0.39 is 0 Å². The second-order valence-corrected chi connectivity index (χ2v) is 8.43. The Kier molecular flexibility index (Phi) is 7.11. The number of ether oxygens (including phenoxy) is 1. The van der Waals surface area contributed by atoms with Crippen molar-refractivity contribution in [1.82, 2.24) is 14.8 Å². The SMILES string of the molecule is C=CCn1c(SCC(=O)Nc2ccc(N3CCCC3)cc2)nnc1-c1ccccc1OC. The molecule has 0 atom stereocenters. The Labute approximate surface area is 192 Å². The number of allylic oxidation sites excluding steroid dienone is 1. The van der Waals surface area contributed by atoms with Crippen LogP contribution in [0.25, 0.3) is 11.4 Å². The Morgan fingerprint density at radius 2 is 1.91 bits per heavy atom. The number of aromatic nitrogens is 3. The predicted octanol–water partition coefficient (Wildman–Crippen LogP) is 4.47. The number of para-hydroxylation sites is 1. The molecule has 3 aromatic rings. The van der Waals surface area contributed by atoms with Crippen LogP contribution in [-0.4, -0.2) is 46.6 Å². The smallest absolute Gasteiger partial charge is 0.234 e. The third-order valence-electron chi connectivity index (χ3n) is 5.33. The first-order valence-corrected chi connectivity index (χ1v) is 11.6. The number of carbonyl (C=O) groups excluding carboxylic acids is 1. The van der Waals surface area contributed by atoms with Gasteiger partial charge in [0, 0.05) is 31.0 Å². The van der Waals surface area contributed by atoms with Crippen LogP contribution < -0.4 is 15.0 Å². The number of hydrogen-bond acceptors (Lipinski definition) is 6. The van der Waals surface area contributed by atoms with E-state index in [0.29, 0.717) is 17.5 Å². The molecule has 7 nitrogen and oxygen atoms in total. The van der Waals surface area contributed by atoms with Gasteiger partial charge in [-0.15, -0.1) is 16.8 Å². The van der Waals surface area contributed by atoms with E-state index in [1.54, 1.807) is 13.2 Å². The van der Waals surface area contributed by atoms with Crippen LogP contribution in [0.1, 0.15) is 12.8 Å². The lowest BCUT2D eigenvalue weighted by Gasteiger charge is -2.17. The number of thioether (sulfide) groups is 1. The third-order valence-corrected chi connectivity index (χ3v) is 6.30. The van der Waals surface area contributed by atoms with E-state index in [0.717, 1.165) is 30.1 Å². The lowest BCUT2D eigenvalue weighted by Crippen LogP contribution is -2.18. The van der Waals surface area contributed by atoms with Gasteiger partial charge in [0.25, 0.3) is 0 Å². The summed E-state index contributed by atoms with van der Waals surface area (Å²) in [5, 5.41) is 12.3. The number of nitrogens with one attached hydrogen (secondary N) is 1. The van der Waals surface area contributed by atoms with Gasteiger partial charge in [0.05, 0.1) is 18.4 Å². The molecule has 1 fully saturated rings. The summed E-state index contributed by atoms with van der Waals surface area (Å²) < 4.78 is 7.40. The standard InChI is InChI=1S/C24H27N5O2S/c1-3-14-29-23(20-8-4-5-9-21(20)31-2)26-27-24(29)32-17-22(30)25-18-10-12-19(13-11-18)28-15-6-7-16-28/h3-5,8-13H,1,6-7,14-17H2,2H3,(H,25,30). The van der Waals surface area contributed by atoms with Crippen LogP contribution in [0.2, 0.25) is 0 Å². The van der Waals surface area contributed by atoms with Crippen molar-refractivity contribution in [1.29, 1.82) is 0 Å². The fourth-order valence-electron chi connectivity index (χ4n) is 3.78. The van der Waals surface area contributed by atoms with Crippen molar-refractivity contribution in [3.8, 4) is 17.1 Å². The highest BCUT2D eigenvalue weighted by Gasteiger charge is 2.18. The summed E-state index contributed by atoms with van der Waals surface area (Å²) in [6.45, 7) is 6.57. The Bertz CT molecular complexity index is 1070. The summed E-state index contributed by atoms with van der Waals surface area (Å²) in [4.78, 5) is 14.9. The molecule has 32 heavy (non-hydrogen) atoms. The first kappa shape index (κ1) is 22.0. The highest BCUT2D eigenvalue weighted by molar-refractivity contribution is 7.99. The zero-order valence-electron chi connectivity index (χ0n) is 18.2. The fourth-order valence-corrected chi connectivity index (χ4v) is 4.52. The summed E-state index contributed by atoms with van der Waals surface area (Å²) in [6.07, 6.45) is 4.27. The van der Waals surface area contributed by atoms with Crippen LogP contribution in [0.5, 0.6) is 5.75 Å². The van der Waals surface area contributed by atoms with Crippen molar-refractivity contribution < 1.29 is 9.53 Å². The number of nitrogens with zero attached hydrogens (tertiary/aromatic N) is 4. The van der Waals surface area contributed by atoms with Gasteiger partial charge in [-0.25, -0.2) is 0 Å². The molecule has 166 valence electrons. The van der Waals surface area contributed by atoms with Gasteiger partial charge in [0.2, 0.25) is 5.91 Å². The number of hydrogen-bond donors (Lipinski definition) is 1. The zero-order chi connectivity index (χ0) is 22.3. The average molecular weight is 450 g/mol. The molecule has 1 aliphatic heterocycles. The van der Waals surface area contributed by atoms with Gasteiger partial charge >= 0.3 is 0 Å². The van der Waals surface area contributed by atoms with Gasteiger partial charge in [-0.05, 0) is 49.2 Å². The van der Waals surface area contributed by atoms with Crippen LogP contribution >= 0.6 is 11.8 Å². The molecule has 1 aromatic heterocycles. The molecule has 0 spiro atoms. The summed E-state index contributed by atoms with van der Waals surface area (Å²) in [5.41, 5.74) is 2.84. The minimum atomic E-state index is -0.0871. The number of carbonyl (C=O) groups is 1. The van der Waals surface area contributed by atoms with Gasteiger partial charge in [-0.2, -0.15) is 0 Å². The summed E-state index contributed by atoms with van der Waals surface area (Å²) in [6, 6.07) is 15.7. The maximum atomic E-state index is 12.5. The van der Waals surface area contributed by atoms with E-state index in [9.17, 15) is 4.79 Å². The van der Waals surface area contributed by atoms with Crippen LogP contribution in [0.4, 0.5) is 11.4 Å². The molecule has 0 bridgehead atoms. The molecule has 1 N–H and O–H groups in total. The number of benzene rings is 2. The minimum Gasteiger partial charge on any atom is -0.496 e. The molecular weight excluding hydrogens is 422 g/mol. The van der Waals surface area contributed by atoms with Crippen LogP contribution in [0.15, 0.2) is 66.3 Å². The number of methoxy groups -OCH3 is 1. The van der Waals surface area contributed by atoms with E-state index in [1.165, 1.54) is 30.3 Å². The number of anilines is 2. The van der Waals surface area contributed by atoms with Crippen LogP contribution in [-0.2, 0) is 11.3 Å². The van der Waals surface area contributed by atoms with Gasteiger partial charge in [0.1, 0.15) is 5.75 Å². The van der Waals surface area contributed by atoms with Crippen molar-refractivity contribution >= 4 is 29.0 Å². The second-order valence-electron chi connectivity index (χ2n) is 7.48. The molecule has 0 aliphatic carbocycles. The quantitative estimate of drug-likeness (QED) is 0.384. The highest BCUT2D eigenvalue weighted by atomic mass is 32.2. The van der Waals surface area contributed by atoms with Crippen LogP contribution in [0.3, 0.4) is 0 Å². The molecular formula is C24H27N5O2S. The molecule has 2 aromatic carbocycles. The van der Waals surface area contributed by atoms with E-state index in [2.05, 4.69) is 39.1 Å². The molecule has 4 rings (SSSR count). The maximum absolute atomic E-state index is 12.5. The van der Waals surface area contributed by atoms with Gasteiger partial charge in [-0.3, -0.25) is 9.36 Å². The summed E-state index contributed by atoms with van der Waals surface area (Å²) in [5.74, 6) is 1.55. The Hall–Kier alpha value is -3.26. The molecule has 2 heterocycles. The van der Waals surface area contributed by atoms with E-state index in [1.807, 2.05) is 41.0 Å². The Balaban J connectivity index is 1.41. The van der Waals surface area contributed by atoms with Crippen molar-refractivity contribution in [2.24, 2.45) is 0 Å². The van der Waals surface area contributed by atoms with Gasteiger partial charge < -0.3 is 15.0 Å². The molecule has 0 saturated carbocycles. The molecule has 1 aliphatic rings. The third kappa shape index (κ3) is 4.96. The number of amides is 1. The molecule has 1 amide bonds. The predicted molar refractivity (Wildman–Crippen MR) is 129 cm³/mol. The lowest BCUT2D eigenvalue weighted by atomic mass is 10.2. The van der Waals surface area contributed by atoms with E-state index >= 15 is 0 Å². The Morgan fingerprint density at radius 3 is 2.62 bits per heavy atom. The van der Waals surface area contributed by atoms with Crippen molar-refractivity contribution in [2.75, 3.05) is 36.2 Å². The maximum Gasteiger partial charge on any atom is 0.234 e. The van der Waals surface area contributed by atoms with Gasteiger partial charge in [0.15, 0.2) is 11.0 Å². The first-order chi connectivity index (χ1) is 15.7. The van der Waals surface area contributed by atoms with Crippen LogP contribution in [0, 0.1) is 0 Å². The highest BCUT2D eigenvalue weighted by Crippen LogP contribution is 2.31. The van der Waals surface area contributed by atoms with Crippen molar-refractivity contribution in [2.45, 2.75) is 24.5 Å². The Morgan fingerprint density at radius 1 is 1.16 bits per heavy atom. The van der Waals surface area contributed by atoms with E-state index in [4.69, 9.17) is 4.74 Å².